The number of esters is 1. The minimum Gasteiger partial charge on any atom is -0.465 e. The van der Waals surface area contributed by atoms with Crippen molar-refractivity contribution in [3.8, 4) is 0 Å². The van der Waals surface area contributed by atoms with Crippen LogP contribution < -0.4 is 4.72 Å². The van der Waals surface area contributed by atoms with E-state index in [-0.39, 0.29) is 11.4 Å². The van der Waals surface area contributed by atoms with E-state index in [2.05, 4.69) is 9.46 Å². The second kappa shape index (κ2) is 8.59. The number of hydrogen-bond donors (Lipinski definition) is 1. The molecule has 0 saturated heterocycles. The number of carbonyl (C=O) groups excluding carboxylic acids is 1. The van der Waals surface area contributed by atoms with Gasteiger partial charge in [0.15, 0.2) is 9.84 Å². The van der Waals surface area contributed by atoms with E-state index < -0.39 is 43.2 Å². The zero-order valence-corrected chi connectivity index (χ0v) is 16.0. The topological polar surface area (TPSA) is 107 Å². The molecule has 1 N–H and O–H groups in total. The molecule has 0 saturated carbocycles. The number of ether oxygens (including phenoxy) is 1. The third-order valence-corrected chi connectivity index (χ3v) is 6.98. The maximum atomic E-state index is 12.9. The number of sulfonamides is 1. The number of rotatable bonds is 8. The van der Waals surface area contributed by atoms with E-state index >= 15 is 0 Å². The van der Waals surface area contributed by atoms with E-state index in [1.807, 2.05) is 0 Å². The quantitative estimate of drug-likeness (QED) is 0.517. The van der Waals surface area contributed by atoms with Gasteiger partial charge in [-0.1, -0.05) is 12.1 Å². The molecule has 2 aromatic rings. The summed E-state index contributed by atoms with van der Waals surface area (Å²) >= 11 is 0. The highest BCUT2D eigenvalue weighted by Gasteiger charge is 2.20. The molecule has 2 rings (SSSR count). The van der Waals surface area contributed by atoms with E-state index in [9.17, 15) is 26.0 Å². The standard InChI is InChI=1S/C17H18FNO6S2/c1-25-17(20)14-4-2-13(3-5-14)12-19-27(23,24)11-10-26(21,22)16-8-6-15(18)7-9-16/h2-9,19H,10-12H2,1H3. The molecule has 27 heavy (non-hydrogen) atoms. The highest BCUT2D eigenvalue weighted by atomic mass is 32.2. The van der Waals surface area contributed by atoms with Crippen molar-refractivity contribution in [1.82, 2.24) is 4.72 Å². The highest BCUT2D eigenvalue weighted by Crippen LogP contribution is 2.12. The van der Waals surface area contributed by atoms with Crippen LogP contribution in [0.5, 0.6) is 0 Å². The molecular weight excluding hydrogens is 397 g/mol. The van der Waals surface area contributed by atoms with Crippen molar-refractivity contribution >= 4 is 25.8 Å². The van der Waals surface area contributed by atoms with Crippen LogP contribution in [0.3, 0.4) is 0 Å². The van der Waals surface area contributed by atoms with Crippen LogP contribution in [0.1, 0.15) is 15.9 Å². The zero-order chi connectivity index (χ0) is 20.1. The number of methoxy groups -OCH3 is 1. The maximum absolute atomic E-state index is 12.9. The largest absolute Gasteiger partial charge is 0.465 e. The monoisotopic (exact) mass is 415 g/mol. The minimum atomic E-state index is -3.86. The Morgan fingerprint density at radius 1 is 0.963 bits per heavy atom. The first-order valence-electron chi connectivity index (χ1n) is 7.76. The van der Waals surface area contributed by atoms with E-state index in [4.69, 9.17) is 0 Å². The normalized spacial score (nSPS) is 11.9. The minimum absolute atomic E-state index is 0.0552. The van der Waals surface area contributed by atoms with Crippen molar-refractivity contribution in [3.63, 3.8) is 0 Å². The predicted octanol–water partition coefficient (Wildman–Crippen LogP) is 1.51. The number of halogens is 1. The predicted molar refractivity (Wildman–Crippen MR) is 96.9 cm³/mol. The number of benzene rings is 2. The summed E-state index contributed by atoms with van der Waals surface area (Å²) in [4.78, 5) is 11.2. The van der Waals surface area contributed by atoms with Gasteiger partial charge in [0.25, 0.3) is 0 Å². The van der Waals surface area contributed by atoms with Crippen LogP contribution in [0.25, 0.3) is 0 Å². The van der Waals surface area contributed by atoms with E-state index in [0.29, 0.717) is 11.1 Å². The number of sulfone groups is 1. The van der Waals surface area contributed by atoms with Gasteiger partial charge in [-0.25, -0.2) is 30.7 Å². The molecule has 0 aliphatic rings. The van der Waals surface area contributed by atoms with Crippen LogP contribution in [0.4, 0.5) is 4.39 Å². The molecule has 0 radical (unpaired) electrons. The van der Waals surface area contributed by atoms with E-state index in [0.717, 1.165) is 24.3 Å². The first-order chi connectivity index (χ1) is 12.6. The van der Waals surface area contributed by atoms with E-state index in [1.165, 1.54) is 19.2 Å². The van der Waals surface area contributed by atoms with E-state index in [1.54, 1.807) is 12.1 Å². The summed E-state index contributed by atoms with van der Waals surface area (Å²) < 4.78 is 68.1. The zero-order valence-electron chi connectivity index (χ0n) is 14.4. The summed E-state index contributed by atoms with van der Waals surface area (Å²) in [7, 11) is -6.45. The molecule has 7 nitrogen and oxygen atoms in total. The fourth-order valence-electron chi connectivity index (χ4n) is 2.12. The first-order valence-corrected chi connectivity index (χ1v) is 11.1. The molecule has 0 aromatic heterocycles. The highest BCUT2D eigenvalue weighted by molar-refractivity contribution is 7.94. The Labute approximate surface area is 157 Å². The number of nitrogens with one attached hydrogen (secondary N) is 1. The van der Waals surface area contributed by atoms with Gasteiger partial charge in [0.05, 0.1) is 29.1 Å². The molecule has 0 unspecified atom stereocenters. The molecule has 0 heterocycles. The summed E-state index contributed by atoms with van der Waals surface area (Å²) in [5.41, 5.74) is 0.919. The summed E-state index contributed by atoms with van der Waals surface area (Å²) in [5, 5.41) is 0. The van der Waals surface area contributed by atoms with Gasteiger partial charge in [-0.3, -0.25) is 0 Å². The van der Waals surface area contributed by atoms with Crippen LogP contribution in [-0.2, 0) is 31.1 Å². The molecule has 0 amide bonds. The third-order valence-electron chi connectivity index (χ3n) is 3.66. The SMILES string of the molecule is COC(=O)c1ccc(CNS(=O)(=O)CCS(=O)(=O)c2ccc(F)cc2)cc1. The molecule has 2 aromatic carbocycles. The van der Waals surface area contributed by atoms with Gasteiger partial charge >= 0.3 is 5.97 Å². The molecule has 10 heteroatoms. The van der Waals surface area contributed by atoms with Gasteiger partial charge < -0.3 is 4.74 Å². The fraction of sp³-hybridized carbons (Fsp3) is 0.235. The Hall–Kier alpha value is -2.30. The summed E-state index contributed by atoms with van der Waals surface area (Å²) in [5.74, 6) is -2.35. The summed E-state index contributed by atoms with van der Waals surface area (Å²) in [6.45, 7) is -0.0552. The van der Waals surface area contributed by atoms with Crippen LogP contribution in [0.15, 0.2) is 53.4 Å². The smallest absolute Gasteiger partial charge is 0.337 e. The van der Waals surface area contributed by atoms with Crippen LogP contribution in [0.2, 0.25) is 0 Å². The van der Waals surface area contributed by atoms with Gasteiger partial charge in [-0.2, -0.15) is 0 Å². The number of hydrogen-bond acceptors (Lipinski definition) is 6. The Balaban J connectivity index is 1.95. The second-order valence-corrected chi connectivity index (χ2v) is 9.64. The van der Waals surface area contributed by atoms with Crippen LogP contribution in [0, 0.1) is 5.82 Å². The Kier molecular flexibility index (Phi) is 6.68. The van der Waals surface area contributed by atoms with Gasteiger partial charge in [0.1, 0.15) is 5.82 Å². The Morgan fingerprint density at radius 2 is 1.56 bits per heavy atom. The number of carbonyl (C=O) groups is 1. The van der Waals surface area contributed by atoms with Gasteiger partial charge in [0.2, 0.25) is 10.0 Å². The van der Waals surface area contributed by atoms with Gasteiger partial charge in [-0.15, -0.1) is 0 Å². The molecule has 0 fully saturated rings. The maximum Gasteiger partial charge on any atom is 0.337 e. The van der Waals surface area contributed by atoms with Crippen LogP contribution >= 0.6 is 0 Å². The molecule has 0 atom stereocenters. The third kappa shape index (κ3) is 6.12. The first kappa shape index (κ1) is 21.0. The molecule has 0 bridgehead atoms. The molecule has 0 spiro atoms. The van der Waals surface area contributed by atoms with Crippen molar-refractivity contribution in [1.29, 1.82) is 0 Å². The average Bonchev–Trinajstić information content (AvgIpc) is 2.65. The van der Waals surface area contributed by atoms with Gasteiger partial charge in [0, 0.05) is 6.54 Å². The molecule has 146 valence electrons. The van der Waals surface area contributed by atoms with Crippen molar-refractivity contribution in [2.24, 2.45) is 0 Å². The lowest BCUT2D eigenvalue weighted by Crippen LogP contribution is -2.29. The molecule has 0 aliphatic carbocycles. The lowest BCUT2D eigenvalue weighted by atomic mass is 10.1. The van der Waals surface area contributed by atoms with Crippen LogP contribution in [-0.4, -0.2) is 41.4 Å². The molecular formula is C17H18FNO6S2. The lowest BCUT2D eigenvalue weighted by molar-refractivity contribution is 0.0600. The second-order valence-electron chi connectivity index (χ2n) is 5.60. The Morgan fingerprint density at radius 3 is 2.11 bits per heavy atom. The summed E-state index contributed by atoms with van der Waals surface area (Å²) in [6, 6.07) is 10.3. The van der Waals surface area contributed by atoms with Gasteiger partial charge in [-0.05, 0) is 42.0 Å². The average molecular weight is 415 g/mol. The Bertz CT molecular complexity index is 1000. The van der Waals surface area contributed by atoms with Crippen molar-refractivity contribution in [2.75, 3.05) is 18.6 Å². The molecule has 0 aliphatic heterocycles. The summed E-state index contributed by atoms with van der Waals surface area (Å²) in [6.07, 6.45) is 0. The lowest BCUT2D eigenvalue weighted by Gasteiger charge is -2.08. The van der Waals surface area contributed by atoms with Crippen molar-refractivity contribution in [2.45, 2.75) is 11.4 Å². The van der Waals surface area contributed by atoms with Crippen molar-refractivity contribution in [3.05, 3.63) is 65.5 Å². The fourth-order valence-corrected chi connectivity index (χ4v) is 5.19. The van der Waals surface area contributed by atoms with Crippen molar-refractivity contribution < 1.29 is 30.8 Å².